The normalized spacial score (nSPS) is 12.4. The molecule has 0 unspecified atom stereocenters. The van der Waals surface area contributed by atoms with Crippen LogP contribution in [0.1, 0.15) is 52.2 Å². The molecule has 0 aromatic heterocycles. The number of halogens is 2. The molecule has 0 aliphatic rings. The Bertz CT molecular complexity index is 1540. The summed E-state index contributed by atoms with van der Waals surface area (Å²) in [5.74, 6) is -0.654. The molecule has 3 aromatic carbocycles. The average Bonchev–Trinajstić information content (AvgIpc) is 2.92. The summed E-state index contributed by atoms with van der Waals surface area (Å²) in [6.07, 6.45) is 0.277. The third-order valence-corrected chi connectivity index (χ3v) is 8.92. The van der Waals surface area contributed by atoms with Crippen LogP contribution in [0.15, 0.2) is 71.6 Å². The van der Waals surface area contributed by atoms with Crippen molar-refractivity contribution in [2.45, 2.75) is 71.0 Å². The second-order valence-corrected chi connectivity index (χ2v) is 13.9. The Morgan fingerprint density at radius 1 is 0.977 bits per heavy atom. The van der Waals surface area contributed by atoms with Crippen LogP contribution in [0, 0.1) is 6.92 Å². The molecule has 8 nitrogen and oxygen atoms in total. The van der Waals surface area contributed by atoms with E-state index in [0.29, 0.717) is 21.4 Å². The van der Waals surface area contributed by atoms with Gasteiger partial charge in [0, 0.05) is 22.1 Å². The van der Waals surface area contributed by atoms with Crippen LogP contribution in [-0.2, 0) is 26.2 Å². The minimum Gasteiger partial charge on any atom is -0.492 e. The number of hydrogen-bond donors (Lipinski definition) is 1. The number of benzene rings is 3. The lowest BCUT2D eigenvalue weighted by Gasteiger charge is -2.35. The molecule has 232 valence electrons. The maximum absolute atomic E-state index is 14.3. The third kappa shape index (κ3) is 8.87. The number of anilines is 1. The number of sulfonamides is 1. The zero-order valence-corrected chi connectivity index (χ0v) is 27.7. The van der Waals surface area contributed by atoms with Crippen molar-refractivity contribution in [3.8, 4) is 5.75 Å². The quantitative estimate of drug-likeness (QED) is 0.238. The number of amides is 2. The number of hydrogen-bond acceptors (Lipinski definition) is 5. The fourth-order valence-corrected chi connectivity index (χ4v) is 6.39. The predicted molar refractivity (Wildman–Crippen MR) is 172 cm³/mol. The number of nitrogens with zero attached hydrogens (tertiary/aromatic N) is 2. The first-order valence-electron chi connectivity index (χ1n) is 14.0. The van der Waals surface area contributed by atoms with E-state index in [1.54, 1.807) is 68.4 Å². The molecule has 3 rings (SSSR count). The fourth-order valence-electron chi connectivity index (χ4n) is 4.50. The maximum atomic E-state index is 14.3. The Kier molecular flexibility index (Phi) is 11.5. The SMILES string of the molecule is CCOc1ccccc1N(CC(=O)N(Cc1ccc(Cl)cc1Cl)[C@@H](CC)C(=O)NC(C)(C)C)S(=O)(=O)c1ccc(C)cc1. The van der Waals surface area contributed by atoms with Gasteiger partial charge in [-0.05, 0) is 83.0 Å². The van der Waals surface area contributed by atoms with Gasteiger partial charge in [-0.25, -0.2) is 8.42 Å². The summed E-state index contributed by atoms with van der Waals surface area (Å²) in [6, 6.07) is 17.0. The monoisotopic (exact) mass is 647 g/mol. The number of rotatable bonds is 12. The van der Waals surface area contributed by atoms with Crippen molar-refractivity contribution in [1.82, 2.24) is 10.2 Å². The summed E-state index contributed by atoms with van der Waals surface area (Å²) in [6.45, 7) is 10.6. The van der Waals surface area contributed by atoms with Gasteiger partial charge < -0.3 is 15.0 Å². The highest BCUT2D eigenvalue weighted by Crippen LogP contribution is 2.33. The first-order chi connectivity index (χ1) is 20.2. The summed E-state index contributed by atoms with van der Waals surface area (Å²) >= 11 is 12.6. The van der Waals surface area contributed by atoms with E-state index in [1.165, 1.54) is 17.0 Å². The standard InChI is InChI=1S/C32H39Cl2N3O5S/c1-7-27(31(39)35-32(4,5)6)36(20-23-15-16-24(33)19-26(23)34)30(38)21-37(28-11-9-10-12-29(28)42-8-2)43(40,41)25-17-13-22(3)14-18-25/h9-19,27H,7-8,20-21H2,1-6H3,(H,35,39)/t27-/m0/s1. The van der Waals surface area contributed by atoms with Gasteiger partial charge in [0.1, 0.15) is 18.3 Å². The molecule has 0 fully saturated rings. The summed E-state index contributed by atoms with van der Waals surface area (Å²) in [4.78, 5) is 29.2. The van der Waals surface area contributed by atoms with E-state index in [1.807, 2.05) is 27.7 Å². The number of carbonyl (C=O) groups excluding carboxylic acids is 2. The van der Waals surface area contributed by atoms with Crippen molar-refractivity contribution in [2.24, 2.45) is 0 Å². The molecular weight excluding hydrogens is 609 g/mol. The Morgan fingerprint density at radius 3 is 2.21 bits per heavy atom. The van der Waals surface area contributed by atoms with Gasteiger partial charge in [0.25, 0.3) is 10.0 Å². The number of para-hydroxylation sites is 2. The Morgan fingerprint density at radius 2 is 1.63 bits per heavy atom. The molecule has 0 bridgehead atoms. The molecule has 0 aliphatic carbocycles. The Hall–Kier alpha value is -3.27. The van der Waals surface area contributed by atoms with E-state index in [9.17, 15) is 18.0 Å². The highest BCUT2D eigenvalue weighted by molar-refractivity contribution is 7.92. The molecule has 1 N–H and O–H groups in total. The Balaban J connectivity index is 2.15. The summed E-state index contributed by atoms with van der Waals surface area (Å²) < 4.78 is 35.1. The lowest BCUT2D eigenvalue weighted by molar-refractivity contribution is -0.141. The molecule has 3 aromatic rings. The van der Waals surface area contributed by atoms with Crippen molar-refractivity contribution >= 4 is 50.7 Å². The third-order valence-electron chi connectivity index (χ3n) is 6.56. The molecule has 0 saturated carbocycles. The van der Waals surface area contributed by atoms with Gasteiger partial charge in [-0.2, -0.15) is 0 Å². The van der Waals surface area contributed by atoms with Crippen LogP contribution in [0.25, 0.3) is 0 Å². The van der Waals surface area contributed by atoms with Crippen molar-refractivity contribution in [3.63, 3.8) is 0 Å². The summed E-state index contributed by atoms with van der Waals surface area (Å²) in [7, 11) is -4.25. The zero-order valence-electron chi connectivity index (χ0n) is 25.4. The van der Waals surface area contributed by atoms with Crippen LogP contribution < -0.4 is 14.4 Å². The number of nitrogens with one attached hydrogen (secondary N) is 1. The van der Waals surface area contributed by atoms with E-state index in [0.717, 1.165) is 9.87 Å². The molecule has 0 heterocycles. The average molecular weight is 649 g/mol. The first kappa shape index (κ1) is 34.2. The van der Waals surface area contributed by atoms with Crippen molar-refractivity contribution in [1.29, 1.82) is 0 Å². The minimum atomic E-state index is -4.25. The van der Waals surface area contributed by atoms with E-state index in [4.69, 9.17) is 27.9 Å². The molecule has 0 spiro atoms. The van der Waals surface area contributed by atoms with Crippen LogP contribution in [0.5, 0.6) is 5.75 Å². The van der Waals surface area contributed by atoms with Crippen LogP contribution in [-0.4, -0.2) is 49.9 Å². The predicted octanol–water partition coefficient (Wildman–Crippen LogP) is 6.62. The molecule has 0 radical (unpaired) electrons. The van der Waals surface area contributed by atoms with Crippen LogP contribution in [0.4, 0.5) is 5.69 Å². The van der Waals surface area contributed by atoms with E-state index in [2.05, 4.69) is 5.32 Å². The van der Waals surface area contributed by atoms with Crippen molar-refractivity contribution < 1.29 is 22.7 Å². The summed E-state index contributed by atoms with van der Waals surface area (Å²) in [5.41, 5.74) is 1.09. The zero-order chi connectivity index (χ0) is 31.9. The molecule has 1 atom stereocenters. The molecular formula is C32H39Cl2N3O5S. The second-order valence-electron chi connectivity index (χ2n) is 11.1. The van der Waals surface area contributed by atoms with Crippen molar-refractivity contribution in [3.05, 3.63) is 87.9 Å². The van der Waals surface area contributed by atoms with Crippen LogP contribution in [0.3, 0.4) is 0 Å². The van der Waals surface area contributed by atoms with Gasteiger partial charge >= 0.3 is 0 Å². The molecule has 0 aliphatic heterocycles. The van der Waals surface area contributed by atoms with E-state index in [-0.39, 0.29) is 36.1 Å². The topological polar surface area (TPSA) is 96.0 Å². The van der Waals surface area contributed by atoms with Crippen LogP contribution >= 0.6 is 23.2 Å². The van der Waals surface area contributed by atoms with Gasteiger partial charge in [-0.15, -0.1) is 0 Å². The van der Waals surface area contributed by atoms with Gasteiger partial charge in [0.2, 0.25) is 11.8 Å². The van der Waals surface area contributed by atoms with Gasteiger partial charge in [0.05, 0.1) is 17.2 Å². The van der Waals surface area contributed by atoms with E-state index < -0.39 is 34.1 Å². The van der Waals surface area contributed by atoms with Gasteiger partial charge in [-0.1, -0.05) is 66.0 Å². The number of ether oxygens (including phenoxy) is 1. The van der Waals surface area contributed by atoms with Gasteiger partial charge in [0.15, 0.2) is 0 Å². The van der Waals surface area contributed by atoms with E-state index >= 15 is 0 Å². The van der Waals surface area contributed by atoms with Crippen molar-refractivity contribution in [2.75, 3.05) is 17.5 Å². The summed E-state index contributed by atoms with van der Waals surface area (Å²) in [5, 5.41) is 3.69. The molecule has 43 heavy (non-hydrogen) atoms. The van der Waals surface area contributed by atoms with Gasteiger partial charge in [-0.3, -0.25) is 13.9 Å². The lowest BCUT2D eigenvalue weighted by Crippen LogP contribution is -2.55. The molecule has 2 amide bonds. The lowest BCUT2D eigenvalue weighted by atomic mass is 10.1. The maximum Gasteiger partial charge on any atom is 0.264 e. The largest absolute Gasteiger partial charge is 0.492 e. The Labute approximate surface area is 265 Å². The molecule has 0 saturated heterocycles. The first-order valence-corrected chi connectivity index (χ1v) is 16.2. The second kappa shape index (κ2) is 14.5. The smallest absolute Gasteiger partial charge is 0.264 e. The fraction of sp³-hybridized carbons (Fsp3) is 0.375. The number of aryl methyl sites for hydroxylation is 1. The number of carbonyl (C=O) groups is 2. The molecule has 11 heteroatoms. The highest BCUT2D eigenvalue weighted by Gasteiger charge is 2.35. The highest BCUT2D eigenvalue weighted by atomic mass is 35.5. The van der Waals surface area contributed by atoms with Crippen LogP contribution in [0.2, 0.25) is 10.0 Å². The minimum absolute atomic E-state index is 0.0158.